The molecule has 0 aromatic carbocycles. The monoisotopic (exact) mass is 399 g/mol. The minimum atomic E-state index is 0.0941. The van der Waals surface area contributed by atoms with Crippen LogP contribution in [0.15, 0.2) is 18.3 Å². The number of piperidine rings is 1. The number of aromatic nitrogens is 1. The molecule has 0 bridgehead atoms. The third kappa shape index (κ3) is 5.49. The maximum absolute atomic E-state index is 12.6. The highest BCUT2D eigenvalue weighted by Crippen LogP contribution is 2.29. The molecular formula is C23H33N3O3. The van der Waals surface area contributed by atoms with Gasteiger partial charge in [-0.1, -0.05) is 25.7 Å². The van der Waals surface area contributed by atoms with E-state index in [-0.39, 0.29) is 17.9 Å². The molecule has 2 heterocycles. The van der Waals surface area contributed by atoms with Gasteiger partial charge in [-0.05, 0) is 37.7 Å². The molecule has 3 aliphatic rings. The number of likely N-dealkylation sites (tertiary alicyclic amines) is 1. The number of amides is 2. The van der Waals surface area contributed by atoms with E-state index in [1.54, 1.807) is 6.20 Å². The van der Waals surface area contributed by atoms with Crippen molar-refractivity contribution in [2.24, 2.45) is 11.8 Å². The summed E-state index contributed by atoms with van der Waals surface area (Å²) in [5, 5.41) is 2.93. The minimum absolute atomic E-state index is 0.0941. The molecule has 1 N–H and O–H groups in total. The molecule has 2 saturated carbocycles. The third-order valence-corrected chi connectivity index (χ3v) is 6.75. The Morgan fingerprint density at radius 2 is 1.76 bits per heavy atom. The van der Waals surface area contributed by atoms with Gasteiger partial charge in [0.1, 0.15) is 6.10 Å². The van der Waals surface area contributed by atoms with Gasteiger partial charge in [0.15, 0.2) is 0 Å². The first kappa shape index (κ1) is 20.2. The number of rotatable bonds is 6. The van der Waals surface area contributed by atoms with Crippen LogP contribution in [-0.4, -0.2) is 40.9 Å². The fourth-order valence-corrected chi connectivity index (χ4v) is 4.60. The van der Waals surface area contributed by atoms with Gasteiger partial charge < -0.3 is 15.0 Å². The van der Waals surface area contributed by atoms with E-state index in [1.807, 2.05) is 17.0 Å². The van der Waals surface area contributed by atoms with Gasteiger partial charge in [0, 0.05) is 44.3 Å². The Morgan fingerprint density at radius 1 is 1.00 bits per heavy atom. The minimum Gasteiger partial charge on any atom is -0.474 e. The van der Waals surface area contributed by atoms with Crippen molar-refractivity contribution in [1.82, 2.24) is 9.88 Å². The number of carbonyl (C=O) groups is 2. The van der Waals surface area contributed by atoms with Crippen LogP contribution in [0, 0.1) is 11.8 Å². The lowest BCUT2D eigenvalue weighted by atomic mass is 9.85. The molecule has 2 amide bonds. The molecule has 6 heteroatoms. The van der Waals surface area contributed by atoms with Crippen molar-refractivity contribution < 1.29 is 14.3 Å². The number of anilines is 1. The van der Waals surface area contributed by atoms with Crippen LogP contribution in [0.1, 0.15) is 70.6 Å². The first-order valence-corrected chi connectivity index (χ1v) is 11.4. The van der Waals surface area contributed by atoms with Gasteiger partial charge in [-0.15, -0.1) is 0 Å². The summed E-state index contributed by atoms with van der Waals surface area (Å²) >= 11 is 0. The summed E-state index contributed by atoms with van der Waals surface area (Å²) in [6, 6.07) is 3.67. The second-order valence-electron chi connectivity index (χ2n) is 8.91. The van der Waals surface area contributed by atoms with E-state index in [1.165, 1.54) is 32.1 Å². The lowest BCUT2D eigenvalue weighted by Crippen LogP contribution is -2.42. The van der Waals surface area contributed by atoms with E-state index < -0.39 is 0 Å². The van der Waals surface area contributed by atoms with Gasteiger partial charge in [-0.3, -0.25) is 9.59 Å². The molecule has 1 aromatic rings. The van der Waals surface area contributed by atoms with Gasteiger partial charge in [0.05, 0.1) is 11.9 Å². The summed E-state index contributed by atoms with van der Waals surface area (Å²) in [6.07, 6.45) is 13.6. The number of hydrogen-bond acceptors (Lipinski definition) is 4. The summed E-state index contributed by atoms with van der Waals surface area (Å²) in [4.78, 5) is 30.9. The number of ether oxygens (including phenoxy) is 1. The van der Waals surface area contributed by atoms with E-state index in [2.05, 4.69) is 10.3 Å². The average molecular weight is 400 g/mol. The molecule has 1 aromatic heterocycles. The highest BCUT2D eigenvalue weighted by molar-refractivity contribution is 5.92. The molecule has 2 aliphatic carbocycles. The molecular weight excluding hydrogens is 366 g/mol. The van der Waals surface area contributed by atoms with E-state index in [4.69, 9.17) is 4.74 Å². The molecule has 1 aliphatic heterocycles. The first-order chi connectivity index (χ1) is 14.2. The van der Waals surface area contributed by atoms with Gasteiger partial charge in [0.2, 0.25) is 17.7 Å². The Bertz CT molecular complexity index is 688. The van der Waals surface area contributed by atoms with Gasteiger partial charge in [-0.2, -0.15) is 0 Å². The Hall–Kier alpha value is -2.11. The highest BCUT2D eigenvalue weighted by atomic mass is 16.5. The Balaban J connectivity index is 1.19. The normalized spacial score (nSPS) is 21.4. The molecule has 1 saturated heterocycles. The SMILES string of the molecule is O=C(Nc1ccc(OC2CCN(C(=O)CC3CCCCC3)CC2)nc1)C1CCC1. The molecule has 0 radical (unpaired) electrons. The van der Waals surface area contributed by atoms with Crippen molar-refractivity contribution in [3.05, 3.63) is 18.3 Å². The summed E-state index contributed by atoms with van der Waals surface area (Å²) in [5.41, 5.74) is 0.720. The van der Waals surface area contributed by atoms with Crippen LogP contribution in [0.2, 0.25) is 0 Å². The second kappa shape index (κ2) is 9.59. The van der Waals surface area contributed by atoms with E-state index in [9.17, 15) is 9.59 Å². The second-order valence-corrected chi connectivity index (χ2v) is 8.91. The summed E-state index contributed by atoms with van der Waals surface area (Å²) < 4.78 is 6.01. The first-order valence-electron chi connectivity index (χ1n) is 11.4. The van der Waals surface area contributed by atoms with E-state index in [0.717, 1.165) is 57.3 Å². The fourth-order valence-electron chi connectivity index (χ4n) is 4.60. The zero-order chi connectivity index (χ0) is 20.1. The van der Waals surface area contributed by atoms with Crippen LogP contribution in [0.3, 0.4) is 0 Å². The lowest BCUT2D eigenvalue weighted by molar-refractivity contribution is -0.134. The van der Waals surface area contributed by atoms with Gasteiger partial charge >= 0.3 is 0 Å². The fraction of sp³-hybridized carbons (Fsp3) is 0.696. The van der Waals surface area contributed by atoms with Crippen LogP contribution in [0.5, 0.6) is 5.88 Å². The lowest BCUT2D eigenvalue weighted by Gasteiger charge is -2.33. The van der Waals surface area contributed by atoms with Crippen molar-refractivity contribution in [2.45, 2.75) is 76.7 Å². The molecule has 3 fully saturated rings. The van der Waals surface area contributed by atoms with E-state index >= 15 is 0 Å². The van der Waals surface area contributed by atoms with Crippen LogP contribution in [-0.2, 0) is 9.59 Å². The molecule has 0 unspecified atom stereocenters. The summed E-state index contributed by atoms with van der Waals surface area (Å²) in [5.74, 6) is 1.75. The molecule has 158 valence electrons. The van der Waals surface area contributed by atoms with Crippen molar-refractivity contribution in [3.8, 4) is 5.88 Å². The van der Waals surface area contributed by atoms with Crippen molar-refractivity contribution in [3.63, 3.8) is 0 Å². The average Bonchev–Trinajstić information content (AvgIpc) is 2.69. The molecule has 6 nitrogen and oxygen atoms in total. The smallest absolute Gasteiger partial charge is 0.227 e. The number of nitrogens with one attached hydrogen (secondary N) is 1. The van der Waals surface area contributed by atoms with Gasteiger partial charge in [0.25, 0.3) is 0 Å². The standard InChI is InChI=1S/C23H33N3O3/c27-22(15-17-5-2-1-3-6-17)26-13-11-20(12-14-26)29-21-10-9-19(16-24-21)25-23(28)18-7-4-8-18/h9-10,16-18,20H,1-8,11-15H2,(H,25,28). The maximum Gasteiger partial charge on any atom is 0.227 e. The predicted molar refractivity (Wildman–Crippen MR) is 112 cm³/mol. The summed E-state index contributed by atoms with van der Waals surface area (Å²) in [6.45, 7) is 1.54. The number of nitrogens with zero attached hydrogens (tertiary/aromatic N) is 2. The van der Waals surface area contributed by atoms with Crippen LogP contribution < -0.4 is 10.1 Å². The quantitative estimate of drug-likeness (QED) is 0.780. The van der Waals surface area contributed by atoms with Crippen molar-refractivity contribution in [2.75, 3.05) is 18.4 Å². The van der Waals surface area contributed by atoms with Crippen molar-refractivity contribution in [1.29, 1.82) is 0 Å². The van der Waals surface area contributed by atoms with Crippen LogP contribution >= 0.6 is 0 Å². The zero-order valence-corrected chi connectivity index (χ0v) is 17.3. The third-order valence-electron chi connectivity index (χ3n) is 6.75. The van der Waals surface area contributed by atoms with Crippen LogP contribution in [0.25, 0.3) is 0 Å². The van der Waals surface area contributed by atoms with Crippen molar-refractivity contribution >= 4 is 17.5 Å². The maximum atomic E-state index is 12.6. The number of pyridine rings is 1. The van der Waals surface area contributed by atoms with Gasteiger partial charge in [-0.25, -0.2) is 4.98 Å². The Morgan fingerprint density at radius 3 is 2.38 bits per heavy atom. The van der Waals surface area contributed by atoms with Crippen LogP contribution in [0.4, 0.5) is 5.69 Å². The molecule has 29 heavy (non-hydrogen) atoms. The molecule has 0 spiro atoms. The Labute approximate surface area is 173 Å². The highest BCUT2D eigenvalue weighted by Gasteiger charge is 2.27. The predicted octanol–water partition coefficient (Wildman–Crippen LogP) is 4.16. The zero-order valence-electron chi connectivity index (χ0n) is 17.3. The number of carbonyl (C=O) groups excluding carboxylic acids is 2. The Kier molecular flexibility index (Phi) is 6.67. The molecule has 0 atom stereocenters. The number of hydrogen-bond donors (Lipinski definition) is 1. The topological polar surface area (TPSA) is 71.5 Å². The largest absolute Gasteiger partial charge is 0.474 e. The van der Waals surface area contributed by atoms with E-state index in [0.29, 0.717) is 17.7 Å². The molecule has 4 rings (SSSR count). The summed E-state index contributed by atoms with van der Waals surface area (Å²) in [7, 11) is 0.